The maximum atomic E-state index is 12.0. The molecule has 2 N–H and O–H groups in total. The smallest absolute Gasteiger partial charge is 0.317 e. The van der Waals surface area contributed by atoms with Gasteiger partial charge in [-0.25, -0.2) is 4.79 Å². The molecule has 1 heterocycles. The predicted molar refractivity (Wildman–Crippen MR) is 67.3 cm³/mol. The molecule has 1 unspecified atom stereocenters. The lowest BCUT2D eigenvalue weighted by atomic mass is 9.82. The molecule has 2 amide bonds. The number of urea groups is 1. The molecular weight excluding hydrogens is 232 g/mol. The van der Waals surface area contributed by atoms with E-state index < -0.39 is 11.4 Å². The summed E-state index contributed by atoms with van der Waals surface area (Å²) in [6.45, 7) is 3.44. The summed E-state index contributed by atoms with van der Waals surface area (Å²) in [7, 11) is 0. The number of hydrogen-bond donors (Lipinski definition) is 2. The Balaban J connectivity index is 1.83. The van der Waals surface area contributed by atoms with Crippen LogP contribution in [0.25, 0.3) is 0 Å². The summed E-state index contributed by atoms with van der Waals surface area (Å²) in [4.78, 5) is 24.8. The summed E-state index contributed by atoms with van der Waals surface area (Å²) in [6, 6.07) is -0.103. The highest BCUT2D eigenvalue weighted by atomic mass is 16.4. The molecule has 2 rings (SSSR count). The number of carbonyl (C=O) groups is 2. The minimum atomic E-state index is -0.806. The molecule has 1 atom stereocenters. The van der Waals surface area contributed by atoms with Crippen LogP contribution < -0.4 is 5.32 Å². The number of carboxylic acid groups (broad SMARTS) is 1. The van der Waals surface area contributed by atoms with Crippen LogP contribution in [0, 0.1) is 11.3 Å². The molecule has 102 valence electrons. The first-order valence-corrected chi connectivity index (χ1v) is 6.77. The molecule has 2 aliphatic rings. The van der Waals surface area contributed by atoms with Crippen LogP contribution in [0.15, 0.2) is 0 Å². The summed E-state index contributed by atoms with van der Waals surface area (Å²) >= 11 is 0. The van der Waals surface area contributed by atoms with Crippen molar-refractivity contribution in [3.05, 3.63) is 0 Å². The van der Waals surface area contributed by atoms with Crippen molar-refractivity contribution < 1.29 is 14.7 Å². The normalized spacial score (nSPS) is 28.6. The molecule has 0 radical (unpaired) electrons. The molecule has 18 heavy (non-hydrogen) atoms. The van der Waals surface area contributed by atoms with Crippen molar-refractivity contribution >= 4 is 12.0 Å². The van der Waals surface area contributed by atoms with Crippen LogP contribution in [-0.4, -0.2) is 41.6 Å². The van der Waals surface area contributed by atoms with Crippen LogP contribution in [0.4, 0.5) is 4.79 Å². The number of piperidine rings is 1. The molecule has 0 bridgehead atoms. The predicted octanol–water partition coefficient (Wildman–Crippen LogP) is 1.68. The Bertz CT molecular complexity index is 341. The van der Waals surface area contributed by atoms with E-state index in [2.05, 4.69) is 5.32 Å². The van der Waals surface area contributed by atoms with Crippen molar-refractivity contribution in [3.63, 3.8) is 0 Å². The lowest BCUT2D eigenvalue weighted by Crippen LogP contribution is -2.52. The zero-order chi connectivity index (χ0) is 13.2. The average molecular weight is 254 g/mol. The molecule has 0 spiro atoms. The minimum Gasteiger partial charge on any atom is -0.481 e. The number of rotatable bonds is 3. The van der Waals surface area contributed by atoms with E-state index in [1.54, 1.807) is 11.8 Å². The largest absolute Gasteiger partial charge is 0.481 e. The van der Waals surface area contributed by atoms with E-state index in [4.69, 9.17) is 0 Å². The lowest BCUT2D eigenvalue weighted by Gasteiger charge is -2.38. The van der Waals surface area contributed by atoms with E-state index in [1.165, 1.54) is 19.3 Å². The number of nitrogens with zero attached hydrogens (tertiary/aromatic N) is 1. The van der Waals surface area contributed by atoms with Gasteiger partial charge < -0.3 is 15.3 Å². The molecular formula is C13H22N2O3. The Labute approximate surface area is 108 Å². The maximum Gasteiger partial charge on any atom is 0.317 e. The number of carbonyl (C=O) groups excluding carboxylic acids is 1. The Morgan fingerprint density at radius 3 is 2.67 bits per heavy atom. The minimum absolute atomic E-state index is 0.103. The molecule has 0 aromatic rings. The topological polar surface area (TPSA) is 69.6 Å². The highest BCUT2D eigenvalue weighted by Crippen LogP contribution is 2.30. The van der Waals surface area contributed by atoms with Gasteiger partial charge in [0.15, 0.2) is 0 Å². The molecule has 1 saturated heterocycles. The van der Waals surface area contributed by atoms with Crippen LogP contribution in [-0.2, 0) is 4.79 Å². The summed E-state index contributed by atoms with van der Waals surface area (Å²) in [5.74, 6) is -0.177. The van der Waals surface area contributed by atoms with Gasteiger partial charge in [-0.05, 0) is 38.5 Å². The third-order valence-corrected chi connectivity index (χ3v) is 4.27. The van der Waals surface area contributed by atoms with Crippen molar-refractivity contribution in [2.75, 3.05) is 19.6 Å². The second-order valence-electron chi connectivity index (χ2n) is 5.87. The number of amides is 2. The van der Waals surface area contributed by atoms with Gasteiger partial charge >= 0.3 is 12.0 Å². The first-order valence-electron chi connectivity index (χ1n) is 6.77. The van der Waals surface area contributed by atoms with Gasteiger partial charge in [-0.15, -0.1) is 0 Å². The van der Waals surface area contributed by atoms with E-state index >= 15 is 0 Å². The van der Waals surface area contributed by atoms with E-state index in [0.717, 1.165) is 13.0 Å². The van der Waals surface area contributed by atoms with Gasteiger partial charge in [0.05, 0.1) is 5.41 Å². The standard InChI is InChI=1S/C13H22N2O3/c1-13(11(16)17)6-3-7-15(9-13)12(18)14-8-10-4-2-5-10/h10H,2-9H2,1H3,(H,14,18)(H,16,17). The summed E-state index contributed by atoms with van der Waals surface area (Å²) in [5, 5.41) is 12.1. The molecule has 5 heteroatoms. The number of likely N-dealkylation sites (tertiary alicyclic amines) is 1. The van der Waals surface area contributed by atoms with Gasteiger partial charge in [-0.1, -0.05) is 6.42 Å². The monoisotopic (exact) mass is 254 g/mol. The Kier molecular flexibility index (Phi) is 3.78. The van der Waals surface area contributed by atoms with Gasteiger partial charge in [0.2, 0.25) is 0 Å². The zero-order valence-corrected chi connectivity index (χ0v) is 10.9. The highest BCUT2D eigenvalue weighted by molar-refractivity contribution is 5.78. The third kappa shape index (κ3) is 2.76. The van der Waals surface area contributed by atoms with E-state index in [0.29, 0.717) is 25.4 Å². The van der Waals surface area contributed by atoms with Gasteiger partial charge in [-0.2, -0.15) is 0 Å². The van der Waals surface area contributed by atoms with Gasteiger partial charge in [0.25, 0.3) is 0 Å². The Morgan fingerprint density at radius 1 is 1.39 bits per heavy atom. The molecule has 2 fully saturated rings. The van der Waals surface area contributed by atoms with Gasteiger partial charge in [-0.3, -0.25) is 4.79 Å². The SMILES string of the molecule is CC1(C(=O)O)CCCN(C(=O)NCC2CCC2)C1. The fourth-order valence-corrected chi connectivity index (χ4v) is 2.63. The molecule has 0 aromatic carbocycles. The maximum absolute atomic E-state index is 12.0. The lowest BCUT2D eigenvalue weighted by molar-refractivity contribution is -0.150. The zero-order valence-electron chi connectivity index (χ0n) is 10.9. The van der Waals surface area contributed by atoms with Gasteiger partial charge in [0.1, 0.15) is 0 Å². The molecule has 0 aromatic heterocycles. The second kappa shape index (κ2) is 5.16. The van der Waals surface area contributed by atoms with Crippen LogP contribution >= 0.6 is 0 Å². The number of carboxylic acids is 1. The van der Waals surface area contributed by atoms with Crippen LogP contribution in [0.3, 0.4) is 0 Å². The molecule has 1 aliphatic carbocycles. The van der Waals surface area contributed by atoms with Crippen molar-refractivity contribution in [2.24, 2.45) is 11.3 Å². The van der Waals surface area contributed by atoms with E-state index in [9.17, 15) is 14.7 Å². The van der Waals surface area contributed by atoms with Crippen molar-refractivity contribution in [2.45, 2.75) is 39.0 Å². The Morgan fingerprint density at radius 2 is 2.11 bits per heavy atom. The van der Waals surface area contributed by atoms with E-state index in [1.807, 2.05) is 0 Å². The van der Waals surface area contributed by atoms with Gasteiger partial charge in [0, 0.05) is 19.6 Å². The third-order valence-electron chi connectivity index (χ3n) is 4.27. The molecule has 1 aliphatic heterocycles. The first-order chi connectivity index (χ1) is 8.51. The number of nitrogens with one attached hydrogen (secondary N) is 1. The fraction of sp³-hybridized carbons (Fsp3) is 0.846. The van der Waals surface area contributed by atoms with Crippen LogP contribution in [0.1, 0.15) is 39.0 Å². The van der Waals surface area contributed by atoms with E-state index in [-0.39, 0.29) is 6.03 Å². The summed E-state index contributed by atoms with van der Waals surface area (Å²) in [5.41, 5.74) is -0.786. The summed E-state index contributed by atoms with van der Waals surface area (Å²) in [6.07, 6.45) is 5.08. The molecule has 1 saturated carbocycles. The van der Waals surface area contributed by atoms with Crippen molar-refractivity contribution in [3.8, 4) is 0 Å². The quantitative estimate of drug-likeness (QED) is 0.805. The fourth-order valence-electron chi connectivity index (χ4n) is 2.63. The van der Waals surface area contributed by atoms with Crippen molar-refractivity contribution in [1.82, 2.24) is 10.2 Å². The Hall–Kier alpha value is -1.26. The average Bonchev–Trinajstić information content (AvgIpc) is 2.26. The first kappa shape index (κ1) is 13.2. The highest BCUT2D eigenvalue weighted by Gasteiger charge is 2.39. The van der Waals surface area contributed by atoms with Crippen molar-refractivity contribution in [1.29, 1.82) is 0 Å². The molecule has 5 nitrogen and oxygen atoms in total. The van der Waals surface area contributed by atoms with Crippen LogP contribution in [0.2, 0.25) is 0 Å². The second-order valence-corrected chi connectivity index (χ2v) is 5.87. The number of hydrogen-bond acceptors (Lipinski definition) is 2. The number of aliphatic carboxylic acids is 1. The van der Waals surface area contributed by atoms with Crippen LogP contribution in [0.5, 0.6) is 0 Å². The summed E-state index contributed by atoms with van der Waals surface area (Å²) < 4.78 is 0.